The van der Waals surface area contributed by atoms with Gasteiger partial charge < -0.3 is 4.74 Å². The van der Waals surface area contributed by atoms with Gasteiger partial charge in [0.15, 0.2) is 0 Å². The van der Waals surface area contributed by atoms with Gasteiger partial charge in [0.2, 0.25) is 0 Å². The summed E-state index contributed by atoms with van der Waals surface area (Å²) in [6.45, 7) is 7.51. The molecule has 0 aliphatic heterocycles. The molecule has 0 N–H and O–H groups in total. The van der Waals surface area contributed by atoms with E-state index in [4.69, 9.17) is 0 Å². The third kappa shape index (κ3) is 3.70. The largest absolute Gasteiger partial charge is 0.465 e. The second-order valence-corrected chi connectivity index (χ2v) is 3.81. The SMILES string of the molecule is C=C(/C=N\C(=C/C)c1ccc(C)cc1)C(=O)OC. The van der Waals surface area contributed by atoms with Crippen molar-refractivity contribution in [1.29, 1.82) is 0 Å². The molecule has 0 spiro atoms. The summed E-state index contributed by atoms with van der Waals surface area (Å²) in [4.78, 5) is 15.4. The van der Waals surface area contributed by atoms with E-state index in [9.17, 15) is 4.79 Å². The van der Waals surface area contributed by atoms with E-state index in [2.05, 4.69) is 16.3 Å². The first-order chi connectivity index (χ1) is 8.58. The molecule has 3 nitrogen and oxygen atoms in total. The molecule has 0 saturated heterocycles. The van der Waals surface area contributed by atoms with E-state index < -0.39 is 5.97 Å². The predicted molar refractivity (Wildman–Crippen MR) is 74.5 cm³/mol. The fourth-order valence-electron chi connectivity index (χ4n) is 1.37. The molecule has 3 heteroatoms. The molecule has 1 aromatic carbocycles. The van der Waals surface area contributed by atoms with Crippen molar-refractivity contribution in [3.8, 4) is 0 Å². The van der Waals surface area contributed by atoms with Crippen LogP contribution in [-0.4, -0.2) is 19.3 Å². The summed E-state index contributed by atoms with van der Waals surface area (Å²) in [5.74, 6) is -0.474. The normalized spacial score (nSPS) is 11.6. The number of carbonyl (C=O) groups excluding carboxylic acids is 1. The van der Waals surface area contributed by atoms with Crippen molar-refractivity contribution in [2.75, 3.05) is 7.11 Å². The van der Waals surface area contributed by atoms with Crippen molar-refractivity contribution in [2.45, 2.75) is 13.8 Å². The Bertz CT molecular complexity index is 496. The summed E-state index contributed by atoms with van der Waals surface area (Å²) in [6.07, 6.45) is 3.30. The van der Waals surface area contributed by atoms with E-state index in [1.54, 1.807) is 0 Å². The zero-order valence-corrected chi connectivity index (χ0v) is 10.9. The Balaban J connectivity index is 2.87. The van der Waals surface area contributed by atoms with Crippen LogP contribution in [0.3, 0.4) is 0 Å². The Morgan fingerprint density at radius 1 is 1.33 bits per heavy atom. The van der Waals surface area contributed by atoms with Gasteiger partial charge in [-0.3, -0.25) is 4.99 Å². The highest BCUT2D eigenvalue weighted by atomic mass is 16.5. The van der Waals surface area contributed by atoms with Crippen molar-refractivity contribution in [3.63, 3.8) is 0 Å². The first-order valence-electron chi connectivity index (χ1n) is 5.63. The number of aryl methyl sites for hydroxylation is 1. The van der Waals surface area contributed by atoms with Crippen LogP contribution in [0.25, 0.3) is 5.70 Å². The summed E-state index contributed by atoms with van der Waals surface area (Å²) in [6, 6.07) is 8.01. The minimum Gasteiger partial charge on any atom is -0.465 e. The van der Waals surface area contributed by atoms with Gasteiger partial charge in [0.1, 0.15) is 0 Å². The van der Waals surface area contributed by atoms with Crippen LogP contribution in [0.5, 0.6) is 0 Å². The van der Waals surface area contributed by atoms with Crippen LogP contribution < -0.4 is 0 Å². The molecule has 1 aromatic rings. The molecule has 0 unspecified atom stereocenters. The van der Waals surface area contributed by atoms with Gasteiger partial charge in [-0.2, -0.15) is 0 Å². The maximum atomic E-state index is 11.2. The van der Waals surface area contributed by atoms with E-state index in [0.717, 1.165) is 11.3 Å². The lowest BCUT2D eigenvalue weighted by Gasteiger charge is -2.02. The average Bonchev–Trinajstić information content (AvgIpc) is 2.40. The van der Waals surface area contributed by atoms with E-state index >= 15 is 0 Å². The molecule has 0 fully saturated rings. The molecule has 0 bridgehead atoms. The standard InChI is InChI=1S/C15H17NO2/c1-5-14(13-8-6-11(2)7-9-13)16-10-12(3)15(17)18-4/h5-10H,3H2,1-2,4H3/b14-5-,16-10-. The zero-order chi connectivity index (χ0) is 13.5. The number of rotatable bonds is 4. The molecule has 0 aromatic heterocycles. The van der Waals surface area contributed by atoms with Crippen molar-refractivity contribution < 1.29 is 9.53 Å². The smallest absolute Gasteiger partial charge is 0.338 e. The van der Waals surface area contributed by atoms with Crippen LogP contribution in [0.1, 0.15) is 18.1 Å². The Hall–Kier alpha value is -2.16. The molecule has 0 atom stereocenters. The van der Waals surface area contributed by atoms with Crippen molar-refractivity contribution in [3.05, 3.63) is 53.6 Å². The van der Waals surface area contributed by atoms with Crippen molar-refractivity contribution in [2.24, 2.45) is 4.99 Å². The van der Waals surface area contributed by atoms with Crippen LogP contribution >= 0.6 is 0 Å². The second kappa shape index (κ2) is 6.55. The number of carbonyl (C=O) groups is 1. The fourth-order valence-corrected chi connectivity index (χ4v) is 1.37. The Kier molecular flexibility index (Phi) is 5.06. The molecule has 0 amide bonds. The number of esters is 1. The fraction of sp³-hybridized carbons (Fsp3) is 0.200. The lowest BCUT2D eigenvalue weighted by atomic mass is 10.1. The summed E-state index contributed by atoms with van der Waals surface area (Å²) < 4.78 is 4.55. The number of nitrogens with zero attached hydrogens (tertiary/aromatic N) is 1. The third-order valence-electron chi connectivity index (χ3n) is 2.43. The quantitative estimate of drug-likeness (QED) is 0.463. The number of hydrogen-bond donors (Lipinski definition) is 0. The molecule has 0 heterocycles. The lowest BCUT2D eigenvalue weighted by Crippen LogP contribution is -2.04. The van der Waals surface area contributed by atoms with E-state index in [1.165, 1.54) is 18.9 Å². The van der Waals surface area contributed by atoms with Gasteiger partial charge in [0.05, 0.1) is 18.4 Å². The molecule has 94 valence electrons. The highest BCUT2D eigenvalue weighted by Crippen LogP contribution is 2.16. The van der Waals surface area contributed by atoms with Crippen LogP contribution in [0.15, 0.2) is 47.5 Å². The monoisotopic (exact) mass is 243 g/mol. The highest BCUT2D eigenvalue weighted by molar-refractivity contribution is 6.09. The summed E-state index contributed by atoms with van der Waals surface area (Å²) in [5.41, 5.74) is 3.21. The van der Waals surface area contributed by atoms with Gasteiger partial charge in [-0.05, 0) is 19.4 Å². The van der Waals surface area contributed by atoms with Gasteiger partial charge in [-0.25, -0.2) is 4.79 Å². The zero-order valence-electron chi connectivity index (χ0n) is 10.9. The van der Waals surface area contributed by atoms with E-state index in [0.29, 0.717) is 0 Å². The second-order valence-electron chi connectivity index (χ2n) is 3.81. The van der Waals surface area contributed by atoms with Crippen LogP contribution in [0, 0.1) is 6.92 Å². The van der Waals surface area contributed by atoms with Gasteiger partial charge in [-0.15, -0.1) is 0 Å². The summed E-state index contributed by atoms with van der Waals surface area (Å²) in [7, 11) is 1.32. The predicted octanol–water partition coefficient (Wildman–Crippen LogP) is 3.16. The van der Waals surface area contributed by atoms with Crippen LogP contribution in [0.2, 0.25) is 0 Å². The van der Waals surface area contributed by atoms with E-state index in [-0.39, 0.29) is 5.57 Å². The minimum absolute atomic E-state index is 0.226. The topological polar surface area (TPSA) is 38.7 Å². The Morgan fingerprint density at radius 2 is 1.94 bits per heavy atom. The molecular formula is C15H17NO2. The lowest BCUT2D eigenvalue weighted by molar-refractivity contribution is -0.135. The number of allylic oxidation sites excluding steroid dienone is 1. The molecule has 0 saturated carbocycles. The summed E-state index contributed by atoms with van der Waals surface area (Å²) in [5, 5.41) is 0. The molecule has 18 heavy (non-hydrogen) atoms. The molecule has 0 radical (unpaired) electrons. The Labute approximate surface area is 108 Å². The highest BCUT2D eigenvalue weighted by Gasteiger charge is 2.03. The van der Waals surface area contributed by atoms with Gasteiger partial charge >= 0.3 is 5.97 Å². The van der Waals surface area contributed by atoms with Gasteiger partial charge in [0.25, 0.3) is 0 Å². The first kappa shape index (κ1) is 13.9. The van der Waals surface area contributed by atoms with Crippen molar-refractivity contribution >= 4 is 17.9 Å². The van der Waals surface area contributed by atoms with E-state index in [1.807, 2.05) is 44.2 Å². The number of methoxy groups -OCH3 is 1. The molecule has 0 aliphatic rings. The third-order valence-corrected chi connectivity index (χ3v) is 2.43. The first-order valence-corrected chi connectivity index (χ1v) is 5.63. The maximum absolute atomic E-state index is 11.2. The number of ether oxygens (including phenoxy) is 1. The molecule has 0 aliphatic carbocycles. The van der Waals surface area contributed by atoms with Crippen LogP contribution in [0.4, 0.5) is 0 Å². The average molecular weight is 243 g/mol. The number of benzene rings is 1. The van der Waals surface area contributed by atoms with Gasteiger partial charge in [-0.1, -0.05) is 42.5 Å². The number of hydrogen-bond acceptors (Lipinski definition) is 3. The van der Waals surface area contributed by atoms with Crippen LogP contribution in [-0.2, 0) is 9.53 Å². The van der Waals surface area contributed by atoms with Crippen molar-refractivity contribution in [1.82, 2.24) is 0 Å². The molecular weight excluding hydrogens is 226 g/mol. The maximum Gasteiger partial charge on any atom is 0.338 e. The molecule has 1 rings (SSSR count). The summed E-state index contributed by atoms with van der Waals surface area (Å²) >= 11 is 0. The minimum atomic E-state index is -0.474. The van der Waals surface area contributed by atoms with Gasteiger partial charge in [0, 0.05) is 6.21 Å². The Morgan fingerprint density at radius 3 is 2.44 bits per heavy atom. The number of aliphatic imine (C=N–C) groups is 1.